The lowest BCUT2D eigenvalue weighted by Crippen LogP contribution is -2.40. The lowest BCUT2D eigenvalue weighted by molar-refractivity contribution is -0.134. The molecule has 0 radical (unpaired) electrons. The van der Waals surface area contributed by atoms with Crippen molar-refractivity contribution in [3.8, 4) is 5.75 Å². The summed E-state index contributed by atoms with van der Waals surface area (Å²) in [6.45, 7) is 3.26. The molecule has 1 N–H and O–H groups in total. The first-order valence-electron chi connectivity index (χ1n) is 9.07. The summed E-state index contributed by atoms with van der Waals surface area (Å²) in [6.07, 6.45) is 3.53. The summed E-state index contributed by atoms with van der Waals surface area (Å²) >= 11 is 0. The van der Waals surface area contributed by atoms with Gasteiger partial charge in [-0.3, -0.25) is 9.78 Å². The number of aromatic nitrogens is 3. The molecule has 3 aromatic rings. The zero-order chi connectivity index (χ0) is 18.8. The van der Waals surface area contributed by atoms with Gasteiger partial charge < -0.3 is 14.6 Å². The van der Waals surface area contributed by atoms with Gasteiger partial charge in [-0.1, -0.05) is 0 Å². The quantitative estimate of drug-likeness (QED) is 0.768. The first kappa shape index (κ1) is 17.5. The fourth-order valence-electron chi connectivity index (χ4n) is 3.43. The van der Waals surface area contributed by atoms with E-state index in [1.165, 1.54) is 24.3 Å². The Bertz CT molecular complexity index is 946. The van der Waals surface area contributed by atoms with Gasteiger partial charge in [0.05, 0.1) is 5.69 Å². The third kappa shape index (κ3) is 3.92. The summed E-state index contributed by atoms with van der Waals surface area (Å²) in [4.78, 5) is 26.4. The Labute approximate surface area is 156 Å². The SMILES string of the molecule is Cc1cnc2cc(C3CCN(C(=O)COc4ccc(F)cc4)CC3)[nH]c2n1. The molecule has 0 spiro atoms. The van der Waals surface area contributed by atoms with Crippen molar-refractivity contribution in [2.45, 2.75) is 25.7 Å². The van der Waals surface area contributed by atoms with E-state index >= 15 is 0 Å². The molecule has 1 fully saturated rings. The van der Waals surface area contributed by atoms with E-state index in [0.29, 0.717) is 24.8 Å². The van der Waals surface area contributed by atoms with Crippen molar-refractivity contribution in [3.63, 3.8) is 0 Å². The molecule has 27 heavy (non-hydrogen) atoms. The van der Waals surface area contributed by atoms with Crippen LogP contribution >= 0.6 is 0 Å². The molecule has 3 heterocycles. The highest BCUT2D eigenvalue weighted by molar-refractivity contribution is 5.78. The molecule has 1 saturated heterocycles. The maximum absolute atomic E-state index is 12.9. The monoisotopic (exact) mass is 368 g/mol. The van der Waals surface area contributed by atoms with E-state index in [9.17, 15) is 9.18 Å². The van der Waals surface area contributed by atoms with Crippen LogP contribution < -0.4 is 4.74 Å². The highest BCUT2D eigenvalue weighted by Gasteiger charge is 2.25. The highest BCUT2D eigenvalue weighted by atomic mass is 19.1. The second-order valence-electron chi connectivity index (χ2n) is 6.87. The van der Waals surface area contributed by atoms with E-state index in [1.807, 2.05) is 11.8 Å². The predicted molar refractivity (Wildman–Crippen MR) is 99.1 cm³/mol. The molecule has 6 nitrogen and oxygen atoms in total. The minimum atomic E-state index is -0.326. The molecule has 1 aliphatic rings. The van der Waals surface area contributed by atoms with Crippen LogP contribution in [0.2, 0.25) is 0 Å². The summed E-state index contributed by atoms with van der Waals surface area (Å²) in [5.41, 5.74) is 3.71. The number of aromatic amines is 1. The molecule has 1 aromatic carbocycles. The van der Waals surface area contributed by atoms with Crippen LogP contribution in [0.5, 0.6) is 5.75 Å². The standard InChI is InChI=1S/C20H21FN4O2/c1-13-11-22-18-10-17(24-20(18)23-13)14-6-8-25(9-7-14)19(26)12-27-16-4-2-15(21)3-5-16/h2-5,10-11,14H,6-9,12H2,1H3,(H,23,24). The van der Waals surface area contributed by atoms with Crippen LogP contribution in [0.15, 0.2) is 36.5 Å². The minimum absolute atomic E-state index is 0.0319. The number of halogens is 1. The molecule has 1 aliphatic heterocycles. The second kappa shape index (κ2) is 7.34. The van der Waals surface area contributed by atoms with Crippen LogP contribution in [0, 0.1) is 12.7 Å². The number of H-pyrrole nitrogens is 1. The smallest absolute Gasteiger partial charge is 0.260 e. The maximum atomic E-state index is 12.9. The molecule has 2 aromatic heterocycles. The first-order valence-corrected chi connectivity index (χ1v) is 9.07. The van der Waals surface area contributed by atoms with Gasteiger partial charge in [0.2, 0.25) is 0 Å². The Morgan fingerprint density at radius 3 is 2.78 bits per heavy atom. The van der Waals surface area contributed by atoms with Gasteiger partial charge in [0.25, 0.3) is 5.91 Å². The van der Waals surface area contributed by atoms with Crippen molar-refractivity contribution in [1.29, 1.82) is 0 Å². The number of ether oxygens (including phenoxy) is 1. The maximum Gasteiger partial charge on any atom is 0.260 e. The van der Waals surface area contributed by atoms with Crippen LogP contribution in [-0.2, 0) is 4.79 Å². The number of carbonyl (C=O) groups excluding carboxylic acids is 1. The van der Waals surface area contributed by atoms with Gasteiger partial charge >= 0.3 is 0 Å². The minimum Gasteiger partial charge on any atom is -0.484 e. The van der Waals surface area contributed by atoms with Gasteiger partial charge in [0.1, 0.15) is 17.1 Å². The summed E-state index contributed by atoms with van der Waals surface area (Å²) in [7, 11) is 0. The van der Waals surface area contributed by atoms with E-state index in [0.717, 1.165) is 35.4 Å². The Balaban J connectivity index is 1.32. The van der Waals surface area contributed by atoms with Gasteiger partial charge in [0.15, 0.2) is 12.3 Å². The number of likely N-dealkylation sites (tertiary alicyclic amines) is 1. The third-order valence-corrected chi connectivity index (χ3v) is 4.94. The van der Waals surface area contributed by atoms with E-state index in [-0.39, 0.29) is 18.3 Å². The topological polar surface area (TPSA) is 71.1 Å². The molecule has 0 unspecified atom stereocenters. The molecule has 0 aliphatic carbocycles. The fourth-order valence-corrected chi connectivity index (χ4v) is 3.43. The van der Waals surface area contributed by atoms with Crippen molar-refractivity contribution in [3.05, 3.63) is 53.7 Å². The number of hydrogen-bond donors (Lipinski definition) is 1. The van der Waals surface area contributed by atoms with Crippen LogP contribution in [0.25, 0.3) is 11.2 Å². The van der Waals surface area contributed by atoms with Crippen LogP contribution in [0.1, 0.15) is 30.1 Å². The van der Waals surface area contributed by atoms with E-state index in [1.54, 1.807) is 6.20 Å². The Morgan fingerprint density at radius 2 is 2.04 bits per heavy atom. The highest BCUT2D eigenvalue weighted by Crippen LogP contribution is 2.29. The molecule has 0 atom stereocenters. The Kier molecular flexibility index (Phi) is 4.75. The largest absolute Gasteiger partial charge is 0.484 e. The van der Waals surface area contributed by atoms with Crippen molar-refractivity contribution in [2.24, 2.45) is 0 Å². The van der Waals surface area contributed by atoms with Gasteiger partial charge in [-0.25, -0.2) is 9.37 Å². The number of nitrogens with one attached hydrogen (secondary N) is 1. The number of benzene rings is 1. The number of rotatable bonds is 4. The molecule has 1 amide bonds. The normalized spacial score (nSPS) is 15.3. The van der Waals surface area contributed by atoms with Gasteiger partial charge in [0, 0.05) is 30.9 Å². The summed E-state index contributed by atoms with van der Waals surface area (Å²) in [5, 5.41) is 0. The van der Waals surface area contributed by atoms with Gasteiger partial charge in [-0.05, 0) is 50.1 Å². The lowest BCUT2D eigenvalue weighted by atomic mass is 9.93. The average Bonchev–Trinajstić information content (AvgIpc) is 3.10. The first-order chi connectivity index (χ1) is 13.1. The van der Waals surface area contributed by atoms with Gasteiger partial charge in [-0.15, -0.1) is 0 Å². The summed E-state index contributed by atoms with van der Waals surface area (Å²) < 4.78 is 18.4. The number of hydrogen-bond acceptors (Lipinski definition) is 4. The fraction of sp³-hybridized carbons (Fsp3) is 0.350. The number of fused-ring (bicyclic) bond motifs is 1. The molecular weight excluding hydrogens is 347 g/mol. The van der Waals surface area contributed by atoms with Gasteiger partial charge in [-0.2, -0.15) is 0 Å². The zero-order valence-corrected chi connectivity index (χ0v) is 15.1. The van der Waals surface area contributed by atoms with E-state index < -0.39 is 0 Å². The molecular formula is C20H21FN4O2. The number of amides is 1. The summed E-state index contributed by atoms with van der Waals surface area (Å²) in [5.74, 6) is 0.484. The van der Waals surface area contributed by atoms with E-state index in [4.69, 9.17) is 4.74 Å². The predicted octanol–water partition coefficient (Wildman–Crippen LogP) is 3.19. The summed E-state index contributed by atoms with van der Waals surface area (Å²) in [6, 6.07) is 7.73. The number of nitrogens with zero attached hydrogens (tertiary/aromatic N) is 3. The van der Waals surface area contributed by atoms with Crippen molar-refractivity contribution < 1.29 is 13.9 Å². The molecule has 0 bridgehead atoms. The molecule has 4 rings (SSSR count). The Hall–Kier alpha value is -2.96. The average molecular weight is 368 g/mol. The third-order valence-electron chi connectivity index (χ3n) is 4.94. The van der Waals surface area contributed by atoms with E-state index in [2.05, 4.69) is 21.0 Å². The number of carbonyl (C=O) groups is 1. The molecule has 7 heteroatoms. The number of aryl methyl sites for hydroxylation is 1. The Morgan fingerprint density at radius 1 is 1.30 bits per heavy atom. The molecule has 140 valence electrons. The second-order valence-corrected chi connectivity index (χ2v) is 6.87. The lowest BCUT2D eigenvalue weighted by Gasteiger charge is -2.31. The molecule has 0 saturated carbocycles. The van der Waals surface area contributed by atoms with Crippen molar-refractivity contribution >= 4 is 17.1 Å². The van der Waals surface area contributed by atoms with Crippen molar-refractivity contribution in [1.82, 2.24) is 19.9 Å². The van der Waals surface area contributed by atoms with Crippen LogP contribution in [0.4, 0.5) is 4.39 Å². The zero-order valence-electron chi connectivity index (χ0n) is 15.1. The van der Waals surface area contributed by atoms with Crippen LogP contribution in [0.3, 0.4) is 0 Å². The van der Waals surface area contributed by atoms with Crippen molar-refractivity contribution in [2.75, 3.05) is 19.7 Å². The number of piperidine rings is 1. The van der Waals surface area contributed by atoms with Crippen LogP contribution in [-0.4, -0.2) is 45.5 Å².